The van der Waals surface area contributed by atoms with E-state index in [2.05, 4.69) is 15.0 Å². The summed E-state index contributed by atoms with van der Waals surface area (Å²) in [5.74, 6) is -3.18. The van der Waals surface area contributed by atoms with E-state index < -0.39 is 23.2 Å². The number of halogens is 2. The number of carbonyl (C=O) groups excluding carboxylic acids is 1. The molecule has 1 aromatic heterocycles. The van der Waals surface area contributed by atoms with Crippen molar-refractivity contribution < 1.29 is 18.4 Å². The first kappa shape index (κ1) is 13.8. The van der Waals surface area contributed by atoms with Gasteiger partial charge in [-0.3, -0.25) is 4.98 Å². The van der Waals surface area contributed by atoms with Gasteiger partial charge in [-0.05, 0) is 31.2 Å². The molecule has 0 radical (unpaired) electrons. The van der Waals surface area contributed by atoms with E-state index in [-0.39, 0.29) is 0 Å². The maximum Gasteiger partial charge on any atom is 0.371 e. The van der Waals surface area contributed by atoms with Gasteiger partial charge in [-0.2, -0.15) is 0 Å². The number of benzene rings is 1. The van der Waals surface area contributed by atoms with Crippen LogP contribution in [-0.2, 0) is 4.84 Å². The third-order valence-corrected chi connectivity index (χ3v) is 2.51. The molecule has 1 heterocycles. The van der Waals surface area contributed by atoms with E-state index in [1.807, 2.05) is 0 Å². The topological polar surface area (TPSA) is 51.5 Å². The first-order valence-corrected chi connectivity index (χ1v) is 5.70. The van der Waals surface area contributed by atoms with Crippen molar-refractivity contribution in [2.45, 2.75) is 6.92 Å². The summed E-state index contributed by atoms with van der Waals surface area (Å²) in [7, 11) is 0. The lowest BCUT2D eigenvalue weighted by atomic mass is 10.2. The van der Waals surface area contributed by atoms with Crippen molar-refractivity contribution >= 4 is 11.7 Å². The lowest BCUT2D eigenvalue weighted by Crippen LogP contribution is -2.08. The third-order valence-electron chi connectivity index (χ3n) is 2.51. The highest BCUT2D eigenvalue weighted by molar-refractivity contribution is 5.99. The summed E-state index contributed by atoms with van der Waals surface area (Å²) in [6, 6.07) is 6.50. The second-order valence-corrected chi connectivity index (χ2v) is 3.89. The van der Waals surface area contributed by atoms with Crippen LogP contribution in [0, 0.1) is 11.6 Å². The van der Waals surface area contributed by atoms with Crippen LogP contribution in [0.2, 0.25) is 0 Å². The maximum absolute atomic E-state index is 13.3. The molecular formula is C14H10F2N2O2. The normalized spacial score (nSPS) is 11.2. The van der Waals surface area contributed by atoms with Gasteiger partial charge in [-0.25, -0.2) is 13.6 Å². The molecular weight excluding hydrogens is 266 g/mol. The minimum atomic E-state index is -1.19. The molecule has 4 nitrogen and oxygen atoms in total. The van der Waals surface area contributed by atoms with Crippen molar-refractivity contribution in [2.75, 3.05) is 0 Å². The Kier molecular flexibility index (Phi) is 4.14. The molecule has 0 aliphatic rings. The molecule has 20 heavy (non-hydrogen) atoms. The molecule has 0 aliphatic carbocycles. The second kappa shape index (κ2) is 6.01. The molecule has 0 spiro atoms. The zero-order chi connectivity index (χ0) is 14.5. The largest absolute Gasteiger partial charge is 0.371 e. The van der Waals surface area contributed by atoms with Crippen LogP contribution in [0.15, 0.2) is 47.9 Å². The fraction of sp³-hybridized carbons (Fsp3) is 0.0714. The number of hydrogen-bond acceptors (Lipinski definition) is 4. The van der Waals surface area contributed by atoms with Gasteiger partial charge in [0.05, 0.1) is 5.71 Å². The third kappa shape index (κ3) is 3.03. The van der Waals surface area contributed by atoms with Crippen LogP contribution >= 0.6 is 0 Å². The molecule has 0 N–H and O–H groups in total. The molecule has 6 heteroatoms. The summed E-state index contributed by atoms with van der Waals surface area (Å²) in [5.41, 5.74) is 0.229. The van der Waals surface area contributed by atoms with Crippen molar-refractivity contribution in [2.24, 2.45) is 5.16 Å². The molecule has 0 saturated carbocycles. The molecule has 0 amide bonds. The predicted octanol–water partition coefficient (Wildman–Crippen LogP) is 2.94. The van der Waals surface area contributed by atoms with Crippen LogP contribution in [0.5, 0.6) is 0 Å². The van der Waals surface area contributed by atoms with Gasteiger partial charge in [0.15, 0.2) is 0 Å². The summed E-state index contributed by atoms with van der Waals surface area (Å²) in [4.78, 5) is 20.0. The Labute approximate surface area is 113 Å². The minimum absolute atomic E-state index is 0.364. The van der Waals surface area contributed by atoms with Crippen molar-refractivity contribution in [1.29, 1.82) is 0 Å². The predicted molar refractivity (Wildman–Crippen MR) is 68.2 cm³/mol. The van der Waals surface area contributed by atoms with Crippen LogP contribution in [0.25, 0.3) is 0 Å². The first-order valence-electron chi connectivity index (χ1n) is 5.70. The number of nitrogens with zero attached hydrogens (tertiary/aromatic N) is 2. The minimum Gasteiger partial charge on any atom is -0.312 e. The molecule has 0 aliphatic heterocycles. The summed E-state index contributed by atoms with van der Waals surface area (Å²) in [6.07, 6.45) is 3.11. The number of oxime groups is 1. The number of hydrogen-bond donors (Lipinski definition) is 0. The smallest absolute Gasteiger partial charge is 0.312 e. The first-order chi connectivity index (χ1) is 9.59. The quantitative estimate of drug-likeness (QED) is 0.492. The van der Waals surface area contributed by atoms with Crippen molar-refractivity contribution in [3.8, 4) is 0 Å². The second-order valence-electron chi connectivity index (χ2n) is 3.89. The van der Waals surface area contributed by atoms with Gasteiger partial charge in [-0.1, -0.05) is 11.2 Å². The molecule has 2 aromatic rings. The lowest BCUT2D eigenvalue weighted by molar-refractivity contribution is 0.0505. The molecule has 0 unspecified atom stereocenters. The number of pyridine rings is 1. The van der Waals surface area contributed by atoms with Crippen LogP contribution < -0.4 is 0 Å². The summed E-state index contributed by atoms with van der Waals surface area (Å²) >= 11 is 0. The molecule has 0 saturated heterocycles. The Bertz CT molecular complexity index is 637. The van der Waals surface area contributed by atoms with Gasteiger partial charge in [0.25, 0.3) is 0 Å². The number of rotatable bonds is 3. The van der Waals surface area contributed by atoms with Gasteiger partial charge < -0.3 is 4.84 Å². The van der Waals surface area contributed by atoms with Crippen molar-refractivity contribution in [1.82, 2.24) is 4.98 Å². The molecule has 0 atom stereocenters. The van der Waals surface area contributed by atoms with Crippen LogP contribution in [0.1, 0.15) is 22.8 Å². The summed E-state index contributed by atoms with van der Waals surface area (Å²) < 4.78 is 26.7. The highest BCUT2D eigenvalue weighted by atomic mass is 19.1. The number of carbonyl (C=O) groups is 1. The van der Waals surface area contributed by atoms with Crippen LogP contribution in [0.4, 0.5) is 8.78 Å². The van der Waals surface area contributed by atoms with Gasteiger partial charge in [-0.15, -0.1) is 0 Å². The van der Waals surface area contributed by atoms with E-state index in [1.165, 1.54) is 6.20 Å². The Morgan fingerprint density at radius 1 is 1.20 bits per heavy atom. The highest BCUT2D eigenvalue weighted by Crippen LogP contribution is 2.13. The molecule has 0 fully saturated rings. The zero-order valence-electron chi connectivity index (χ0n) is 10.5. The zero-order valence-corrected chi connectivity index (χ0v) is 10.5. The highest BCUT2D eigenvalue weighted by Gasteiger charge is 2.18. The average Bonchev–Trinajstić information content (AvgIpc) is 2.45. The van der Waals surface area contributed by atoms with E-state index in [1.54, 1.807) is 25.3 Å². The SMILES string of the molecule is C/C(=N/OC(=O)c1c(F)cccc1F)c1cccnc1. The van der Waals surface area contributed by atoms with E-state index in [0.717, 1.165) is 18.2 Å². The molecule has 2 rings (SSSR count). The Balaban J connectivity index is 2.17. The monoisotopic (exact) mass is 276 g/mol. The molecule has 0 bridgehead atoms. The Hall–Kier alpha value is -2.63. The summed E-state index contributed by atoms with van der Waals surface area (Å²) in [5, 5.41) is 3.55. The van der Waals surface area contributed by atoms with E-state index in [0.29, 0.717) is 11.3 Å². The summed E-state index contributed by atoms with van der Waals surface area (Å²) in [6.45, 7) is 1.59. The fourth-order valence-electron chi connectivity index (χ4n) is 1.48. The Morgan fingerprint density at radius 2 is 1.90 bits per heavy atom. The Morgan fingerprint density at radius 3 is 2.50 bits per heavy atom. The standard InChI is InChI=1S/C14H10F2N2O2/c1-9(10-4-3-7-17-8-10)18-20-14(19)13-11(15)5-2-6-12(13)16/h2-8H,1H3/b18-9-. The fourth-order valence-corrected chi connectivity index (χ4v) is 1.48. The maximum atomic E-state index is 13.3. The van der Waals surface area contributed by atoms with Crippen molar-refractivity contribution in [3.63, 3.8) is 0 Å². The van der Waals surface area contributed by atoms with Gasteiger partial charge in [0.1, 0.15) is 17.2 Å². The van der Waals surface area contributed by atoms with E-state index in [9.17, 15) is 13.6 Å². The van der Waals surface area contributed by atoms with Gasteiger partial charge in [0, 0.05) is 18.0 Å². The van der Waals surface area contributed by atoms with Crippen LogP contribution in [0.3, 0.4) is 0 Å². The van der Waals surface area contributed by atoms with Crippen LogP contribution in [-0.4, -0.2) is 16.7 Å². The van der Waals surface area contributed by atoms with Gasteiger partial charge >= 0.3 is 5.97 Å². The van der Waals surface area contributed by atoms with Crippen molar-refractivity contribution in [3.05, 3.63) is 65.5 Å². The average molecular weight is 276 g/mol. The number of aromatic nitrogens is 1. The molecule has 102 valence electrons. The van der Waals surface area contributed by atoms with E-state index >= 15 is 0 Å². The van der Waals surface area contributed by atoms with Gasteiger partial charge in [0.2, 0.25) is 0 Å². The molecule has 1 aromatic carbocycles. The lowest BCUT2D eigenvalue weighted by Gasteiger charge is -2.03. The van der Waals surface area contributed by atoms with E-state index in [4.69, 9.17) is 0 Å².